The molecule has 0 bridgehead atoms. The number of halogens is 1. The van der Waals surface area contributed by atoms with Gasteiger partial charge in [0.2, 0.25) is 5.82 Å². The van der Waals surface area contributed by atoms with E-state index in [0.717, 1.165) is 29.7 Å². The molecule has 1 aliphatic carbocycles. The van der Waals surface area contributed by atoms with Crippen LogP contribution in [0.1, 0.15) is 54.3 Å². The van der Waals surface area contributed by atoms with Crippen LogP contribution in [0.4, 0.5) is 10.1 Å². The summed E-state index contributed by atoms with van der Waals surface area (Å²) in [5.74, 6) is -0.690. The van der Waals surface area contributed by atoms with Crippen LogP contribution in [0.2, 0.25) is 0 Å². The normalized spacial score (nSPS) is 13.8. The number of anilines is 1. The van der Waals surface area contributed by atoms with Crippen molar-refractivity contribution >= 4 is 17.1 Å². The molecule has 4 heterocycles. The Kier molecular flexibility index (Phi) is 5.79. The molecule has 11 nitrogen and oxygen atoms in total. The fraction of sp³-hybridized carbons (Fsp3) is 0.333. The zero-order valence-electron chi connectivity index (χ0n) is 22.1. The summed E-state index contributed by atoms with van der Waals surface area (Å²) in [7, 11) is 0. The van der Waals surface area contributed by atoms with Gasteiger partial charge >= 0.3 is 0 Å². The van der Waals surface area contributed by atoms with Gasteiger partial charge in [0.15, 0.2) is 0 Å². The molecule has 0 unspecified atom stereocenters. The predicted octanol–water partition coefficient (Wildman–Crippen LogP) is 3.97. The third-order valence-electron chi connectivity index (χ3n) is 6.68. The average Bonchev–Trinajstić information content (AvgIpc) is 3.27. The number of hydrogen-bond acceptors (Lipinski definition) is 7. The maximum Gasteiger partial charge on any atom is 0.259 e. The smallest absolute Gasteiger partial charge is 0.259 e. The van der Waals surface area contributed by atoms with Crippen LogP contribution < -0.4 is 5.32 Å². The topological polar surface area (TPSA) is 128 Å². The van der Waals surface area contributed by atoms with E-state index in [1.54, 1.807) is 36.2 Å². The lowest BCUT2D eigenvalue weighted by Crippen LogP contribution is -2.26. The summed E-state index contributed by atoms with van der Waals surface area (Å²) in [6.07, 6.45) is 7.13. The van der Waals surface area contributed by atoms with Crippen molar-refractivity contribution in [1.29, 1.82) is 0 Å². The minimum Gasteiger partial charge on any atom is -0.389 e. The Balaban J connectivity index is 1.30. The van der Waals surface area contributed by atoms with Crippen molar-refractivity contribution in [1.82, 2.24) is 39.6 Å². The zero-order chi connectivity index (χ0) is 27.5. The van der Waals surface area contributed by atoms with Gasteiger partial charge in [-0.15, -0.1) is 10.2 Å². The monoisotopic (exact) mass is 529 g/mol. The number of nitrogens with zero attached hydrogens (tertiary/aromatic N) is 8. The fourth-order valence-electron chi connectivity index (χ4n) is 4.56. The highest BCUT2D eigenvalue weighted by atomic mass is 19.1. The molecule has 0 radical (unpaired) electrons. The number of aryl methyl sites for hydroxylation is 2. The second-order valence-electron chi connectivity index (χ2n) is 10.7. The van der Waals surface area contributed by atoms with Gasteiger partial charge in [-0.1, -0.05) is 0 Å². The molecule has 1 amide bonds. The van der Waals surface area contributed by atoms with E-state index in [2.05, 4.69) is 30.9 Å². The van der Waals surface area contributed by atoms with E-state index in [0.29, 0.717) is 28.9 Å². The molecular weight excluding hydrogens is 501 g/mol. The van der Waals surface area contributed by atoms with Crippen LogP contribution in [-0.2, 0) is 6.54 Å². The number of tetrazole rings is 1. The van der Waals surface area contributed by atoms with Crippen molar-refractivity contribution in [2.24, 2.45) is 0 Å². The average molecular weight is 530 g/mol. The number of pyridine rings is 1. The van der Waals surface area contributed by atoms with Crippen molar-refractivity contribution in [3.05, 3.63) is 65.5 Å². The van der Waals surface area contributed by atoms with Crippen molar-refractivity contribution in [2.45, 2.75) is 58.7 Å². The van der Waals surface area contributed by atoms with Gasteiger partial charge in [-0.25, -0.2) is 8.91 Å². The Morgan fingerprint density at radius 3 is 2.72 bits per heavy atom. The molecule has 1 fully saturated rings. The van der Waals surface area contributed by atoms with Crippen molar-refractivity contribution in [3.8, 4) is 22.5 Å². The number of aliphatic hydroxyl groups is 1. The highest BCUT2D eigenvalue weighted by Crippen LogP contribution is 2.34. The fourth-order valence-corrected chi connectivity index (χ4v) is 4.56. The van der Waals surface area contributed by atoms with E-state index in [4.69, 9.17) is 0 Å². The molecule has 39 heavy (non-hydrogen) atoms. The highest BCUT2D eigenvalue weighted by Gasteiger charge is 2.27. The number of fused-ring (bicyclic) bond motifs is 1. The van der Waals surface area contributed by atoms with Gasteiger partial charge in [0, 0.05) is 23.6 Å². The number of aromatic nitrogens is 8. The summed E-state index contributed by atoms with van der Waals surface area (Å²) in [5, 5.41) is 34.3. The second-order valence-corrected chi connectivity index (χ2v) is 10.7. The molecule has 200 valence electrons. The van der Waals surface area contributed by atoms with Gasteiger partial charge in [-0.2, -0.15) is 15.0 Å². The summed E-state index contributed by atoms with van der Waals surface area (Å²) >= 11 is 0. The number of rotatable bonds is 7. The summed E-state index contributed by atoms with van der Waals surface area (Å²) in [4.78, 5) is 14.9. The second kappa shape index (κ2) is 9.09. The SMILES string of the molecule is Cc1cc(F)c(-c2nnn(C3CC3)n2)cc1NC(=O)c1cnn2ccc(-c3cn(CC(C)(C)O)nc3C)cc12. The van der Waals surface area contributed by atoms with Crippen molar-refractivity contribution in [3.63, 3.8) is 0 Å². The van der Waals surface area contributed by atoms with E-state index < -0.39 is 11.4 Å². The molecule has 5 aromatic rings. The maximum atomic E-state index is 14.8. The largest absolute Gasteiger partial charge is 0.389 e. The molecule has 0 aliphatic heterocycles. The number of carbonyl (C=O) groups excluding carboxylic acids is 1. The summed E-state index contributed by atoms with van der Waals surface area (Å²) in [5.41, 5.74) is 3.79. The standard InChI is InChI=1S/C27H28FN9O2/c1-15-9-22(28)19(25-31-34-37(33-25)18-5-6-18)11-23(15)30-26(38)20-12-29-36-8-7-17(10-24(20)36)21-13-35(32-16(21)2)14-27(3,4)39/h7-13,18,39H,5-6,14H2,1-4H3,(H,30,38). The number of benzene rings is 1. The Labute approximate surface area is 223 Å². The van der Waals surface area contributed by atoms with Crippen molar-refractivity contribution in [2.75, 3.05) is 5.32 Å². The van der Waals surface area contributed by atoms with E-state index >= 15 is 0 Å². The van der Waals surface area contributed by atoms with Gasteiger partial charge in [0.05, 0.1) is 46.7 Å². The first-order valence-electron chi connectivity index (χ1n) is 12.7. The van der Waals surface area contributed by atoms with E-state index in [9.17, 15) is 14.3 Å². The van der Waals surface area contributed by atoms with Crippen LogP contribution in [0.5, 0.6) is 0 Å². The molecule has 0 saturated heterocycles. The molecule has 4 aromatic heterocycles. The Morgan fingerprint density at radius 2 is 1.97 bits per heavy atom. The zero-order valence-corrected chi connectivity index (χ0v) is 22.1. The first-order chi connectivity index (χ1) is 18.6. The van der Waals surface area contributed by atoms with Crippen LogP contribution >= 0.6 is 0 Å². The number of nitrogens with one attached hydrogen (secondary N) is 1. The Bertz CT molecular complexity index is 1720. The number of amides is 1. The predicted molar refractivity (Wildman–Crippen MR) is 142 cm³/mol. The van der Waals surface area contributed by atoms with Crippen LogP contribution in [0.15, 0.2) is 42.9 Å². The summed E-state index contributed by atoms with van der Waals surface area (Å²) in [6, 6.07) is 6.89. The van der Waals surface area contributed by atoms with Gasteiger partial charge in [0.1, 0.15) is 5.82 Å². The molecule has 6 rings (SSSR count). The molecule has 0 spiro atoms. The minimum absolute atomic E-state index is 0.170. The molecule has 0 atom stereocenters. The molecular formula is C27H28FN9O2. The van der Waals surface area contributed by atoms with Gasteiger partial charge < -0.3 is 10.4 Å². The summed E-state index contributed by atoms with van der Waals surface area (Å²) in [6.45, 7) is 7.43. The lowest BCUT2D eigenvalue weighted by Gasteiger charge is -2.16. The van der Waals surface area contributed by atoms with E-state index in [1.807, 2.05) is 25.3 Å². The van der Waals surface area contributed by atoms with Crippen LogP contribution in [0.3, 0.4) is 0 Å². The highest BCUT2D eigenvalue weighted by molar-refractivity contribution is 6.09. The lowest BCUT2D eigenvalue weighted by molar-refractivity contribution is 0.0577. The van der Waals surface area contributed by atoms with Crippen LogP contribution in [0.25, 0.3) is 28.0 Å². The Hall–Kier alpha value is -4.45. The quantitative estimate of drug-likeness (QED) is 0.327. The third kappa shape index (κ3) is 4.90. The number of hydrogen-bond donors (Lipinski definition) is 2. The van der Waals surface area contributed by atoms with Gasteiger partial charge in [-0.3, -0.25) is 9.48 Å². The molecule has 2 N–H and O–H groups in total. The van der Waals surface area contributed by atoms with Crippen molar-refractivity contribution < 1.29 is 14.3 Å². The molecule has 1 aromatic carbocycles. The van der Waals surface area contributed by atoms with Gasteiger partial charge in [0.25, 0.3) is 5.91 Å². The first kappa shape index (κ1) is 24.9. The maximum absolute atomic E-state index is 14.8. The van der Waals surface area contributed by atoms with E-state index in [-0.39, 0.29) is 23.3 Å². The molecule has 1 aliphatic rings. The summed E-state index contributed by atoms with van der Waals surface area (Å²) < 4.78 is 18.2. The van der Waals surface area contributed by atoms with Crippen LogP contribution in [-0.4, -0.2) is 56.2 Å². The lowest BCUT2D eigenvalue weighted by atomic mass is 10.1. The Morgan fingerprint density at radius 1 is 1.18 bits per heavy atom. The van der Waals surface area contributed by atoms with E-state index in [1.165, 1.54) is 23.1 Å². The number of carbonyl (C=O) groups is 1. The van der Waals surface area contributed by atoms with Gasteiger partial charge in [-0.05, 0) is 81.1 Å². The van der Waals surface area contributed by atoms with Crippen LogP contribution in [0, 0.1) is 19.7 Å². The first-order valence-corrected chi connectivity index (χ1v) is 12.7. The molecule has 1 saturated carbocycles. The third-order valence-corrected chi connectivity index (χ3v) is 6.68. The molecule has 12 heteroatoms. The minimum atomic E-state index is -0.904.